The molecule has 1 unspecified atom stereocenters. The lowest BCUT2D eigenvalue weighted by Gasteiger charge is -2.19. The van der Waals surface area contributed by atoms with Crippen LogP contribution in [0.15, 0.2) is 18.3 Å². The van der Waals surface area contributed by atoms with E-state index >= 15 is 0 Å². The first-order valence-corrected chi connectivity index (χ1v) is 5.62. The number of methoxy groups -OCH3 is 1. The highest BCUT2D eigenvalue weighted by Crippen LogP contribution is 2.15. The standard InChI is InChI=1S/C12H18N2O3/c1-3-5-9(8-17-2)14-10-6-4-7-13-11(10)12(15)16/h4,6-7,9,14H,3,5,8H2,1-2H3,(H,15,16). The number of nitrogens with one attached hydrogen (secondary N) is 1. The lowest BCUT2D eigenvalue weighted by molar-refractivity contribution is 0.0691. The van der Waals surface area contributed by atoms with Gasteiger partial charge in [0.2, 0.25) is 0 Å². The Morgan fingerprint density at radius 2 is 2.41 bits per heavy atom. The smallest absolute Gasteiger partial charge is 0.356 e. The van der Waals surface area contributed by atoms with E-state index in [-0.39, 0.29) is 11.7 Å². The molecule has 0 amide bonds. The van der Waals surface area contributed by atoms with Gasteiger partial charge in [-0.1, -0.05) is 13.3 Å². The Hall–Kier alpha value is -1.62. The average Bonchev–Trinajstić information content (AvgIpc) is 2.30. The molecule has 94 valence electrons. The number of carbonyl (C=O) groups is 1. The molecule has 0 radical (unpaired) electrons. The SMILES string of the molecule is CCCC(COC)Nc1cccnc1C(=O)O. The van der Waals surface area contributed by atoms with Crippen molar-refractivity contribution >= 4 is 11.7 Å². The van der Waals surface area contributed by atoms with Gasteiger partial charge in [0.15, 0.2) is 5.69 Å². The molecule has 1 atom stereocenters. The zero-order chi connectivity index (χ0) is 12.7. The Morgan fingerprint density at radius 1 is 1.65 bits per heavy atom. The van der Waals surface area contributed by atoms with Crippen LogP contribution in [0.2, 0.25) is 0 Å². The second kappa shape index (κ2) is 6.85. The second-order valence-corrected chi connectivity index (χ2v) is 3.79. The summed E-state index contributed by atoms with van der Waals surface area (Å²) in [5.41, 5.74) is 0.584. The van der Waals surface area contributed by atoms with Gasteiger partial charge >= 0.3 is 5.97 Å². The highest BCUT2D eigenvalue weighted by atomic mass is 16.5. The lowest BCUT2D eigenvalue weighted by Crippen LogP contribution is -2.26. The predicted octanol–water partition coefficient (Wildman–Crippen LogP) is 2.01. The third-order valence-corrected chi connectivity index (χ3v) is 2.37. The molecule has 1 heterocycles. The number of pyridine rings is 1. The molecule has 5 nitrogen and oxygen atoms in total. The van der Waals surface area contributed by atoms with Crippen LogP contribution < -0.4 is 5.32 Å². The molecule has 0 spiro atoms. The minimum Gasteiger partial charge on any atom is -0.476 e. The van der Waals surface area contributed by atoms with Crippen molar-refractivity contribution in [3.63, 3.8) is 0 Å². The van der Waals surface area contributed by atoms with Crippen LogP contribution in [0.25, 0.3) is 0 Å². The molecule has 17 heavy (non-hydrogen) atoms. The Bertz CT molecular complexity index is 363. The van der Waals surface area contributed by atoms with E-state index in [0.29, 0.717) is 12.3 Å². The van der Waals surface area contributed by atoms with Crippen molar-refractivity contribution in [2.75, 3.05) is 19.0 Å². The van der Waals surface area contributed by atoms with Crippen molar-refractivity contribution in [2.45, 2.75) is 25.8 Å². The van der Waals surface area contributed by atoms with Crippen molar-refractivity contribution in [1.82, 2.24) is 4.98 Å². The fourth-order valence-corrected chi connectivity index (χ4v) is 1.66. The quantitative estimate of drug-likeness (QED) is 0.760. The van der Waals surface area contributed by atoms with Crippen molar-refractivity contribution < 1.29 is 14.6 Å². The minimum atomic E-state index is -1.03. The fraction of sp³-hybridized carbons (Fsp3) is 0.500. The third-order valence-electron chi connectivity index (χ3n) is 2.37. The molecule has 1 aromatic rings. The highest BCUT2D eigenvalue weighted by Gasteiger charge is 2.14. The zero-order valence-corrected chi connectivity index (χ0v) is 10.1. The summed E-state index contributed by atoms with van der Waals surface area (Å²) in [7, 11) is 1.63. The van der Waals surface area contributed by atoms with Gasteiger partial charge in [-0.25, -0.2) is 9.78 Å². The first-order chi connectivity index (χ1) is 8.19. The number of rotatable bonds is 7. The van der Waals surface area contributed by atoms with Crippen molar-refractivity contribution in [2.24, 2.45) is 0 Å². The Labute approximate surface area is 101 Å². The highest BCUT2D eigenvalue weighted by molar-refractivity contribution is 5.91. The molecule has 1 rings (SSSR count). The van der Waals surface area contributed by atoms with Gasteiger partial charge in [-0.3, -0.25) is 0 Å². The lowest BCUT2D eigenvalue weighted by atomic mass is 10.1. The Balaban J connectivity index is 2.80. The van der Waals surface area contributed by atoms with Crippen LogP contribution in [-0.2, 0) is 4.74 Å². The molecule has 0 aromatic carbocycles. The molecule has 0 aliphatic rings. The Kier molecular flexibility index (Phi) is 5.42. The molecule has 0 fully saturated rings. The van der Waals surface area contributed by atoms with E-state index in [9.17, 15) is 4.79 Å². The van der Waals surface area contributed by atoms with E-state index in [4.69, 9.17) is 9.84 Å². The predicted molar refractivity (Wildman–Crippen MR) is 65.4 cm³/mol. The van der Waals surface area contributed by atoms with Gasteiger partial charge < -0.3 is 15.2 Å². The van der Waals surface area contributed by atoms with E-state index in [0.717, 1.165) is 12.8 Å². The van der Waals surface area contributed by atoms with Crippen molar-refractivity contribution in [3.05, 3.63) is 24.0 Å². The number of aromatic nitrogens is 1. The number of anilines is 1. The van der Waals surface area contributed by atoms with Crippen molar-refractivity contribution in [3.8, 4) is 0 Å². The molecule has 2 N–H and O–H groups in total. The summed E-state index contributed by atoms with van der Waals surface area (Å²) in [4.78, 5) is 14.8. The Morgan fingerprint density at radius 3 is 3.00 bits per heavy atom. The van der Waals surface area contributed by atoms with Gasteiger partial charge in [0.05, 0.1) is 12.3 Å². The third kappa shape index (κ3) is 4.03. The summed E-state index contributed by atoms with van der Waals surface area (Å²) in [6, 6.07) is 3.53. The van der Waals surface area contributed by atoms with Gasteiger partial charge in [0.25, 0.3) is 0 Å². The van der Waals surface area contributed by atoms with Gasteiger partial charge in [0.1, 0.15) is 0 Å². The van der Waals surface area contributed by atoms with Gasteiger partial charge in [-0.15, -0.1) is 0 Å². The minimum absolute atomic E-state index is 0.0460. The van der Waals surface area contributed by atoms with Gasteiger partial charge in [-0.2, -0.15) is 0 Å². The van der Waals surface area contributed by atoms with Gasteiger partial charge in [-0.05, 0) is 18.6 Å². The number of hydrogen-bond acceptors (Lipinski definition) is 4. The summed E-state index contributed by atoms with van der Waals surface area (Å²) in [6.45, 7) is 2.62. The first kappa shape index (κ1) is 13.4. The summed E-state index contributed by atoms with van der Waals surface area (Å²) in [6.07, 6.45) is 3.39. The number of hydrogen-bond donors (Lipinski definition) is 2. The molecule has 0 aliphatic carbocycles. The van der Waals surface area contributed by atoms with Crippen molar-refractivity contribution in [1.29, 1.82) is 0 Å². The maximum atomic E-state index is 11.0. The molecular weight excluding hydrogens is 220 g/mol. The zero-order valence-electron chi connectivity index (χ0n) is 10.1. The van der Waals surface area contributed by atoms with Gasteiger partial charge in [0, 0.05) is 19.3 Å². The summed E-state index contributed by atoms with van der Waals surface area (Å²) in [5.74, 6) is -1.03. The average molecular weight is 238 g/mol. The van der Waals surface area contributed by atoms with E-state index in [1.54, 1.807) is 19.2 Å². The van der Waals surface area contributed by atoms with Crippen LogP contribution in [0.5, 0.6) is 0 Å². The van der Waals surface area contributed by atoms with E-state index < -0.39 is 5.97 Å². The molecule has 0 aliphatic heterocycles. The first-order valence-electron chi connectivity index (χ1n) is 5.62. The number of carboxylic acids is 1. The van der Waals surface area contributed by atoms with E-state index in [1.807, 2.05) is 0 Å². The normalized spacial score (nSPS) is 12.1. The van der Waals surface area contributed by atoms with Crippen LogP contribution in [0.3, 0.4) is 0 Å². The van der Waals surface area contributed by atoms with E-state index in [2.05, 4.69) is 17.2 Å². The summed E-state index contributed by atoms with van der Waals surface area (Å²) >= 11 is 0. The number of nitrogens with zero attached hydrogens (tertiary/aromatic N) is 1. The van der Waals surface area contributed by atoms with Crippen LogP contribution in [0, 0.1) is 0 Å². The largest absolute Gasteiger partial charge is 0.476 e. The summed E-state index contributed by atoms with van der Waals surface area (Å²) < 4.78 is 5.10. The number of carboxylic acid groups (broad SMARTS) is 1. The second-order valence-electron chi connectivity index (χ2n) is 3.79. The monoisotopic (exact) mass is 238 g/mol. The van der Waals surface area contributed by atoms with Crippen LogP contribution in [0.4, 0.5) is 5.69 Å². The molecule has 0 bridgehead atoms. The van der Waals surface area contributed by atoms with E-state index in [1.165, 1.54) is 6.20 Å². The van der Waals surface area contributed by atoms with Crippen LogP contribution in [0.1, 0.15) is 30.3 Å². The number of ether oxygens (including phenoxy) is 1. The molecular formula is C12H18N2O3. The molecule has 0 saturated carbocycles. The molecule has 5 heteroatoms. The fourth-order valence-electron chi connectivity index (χ4n) is 1.66. The maximum Gasteiger partial charge on any atom is 0.356 e. The molecule has 0 saturated heterocycles. The number of aromatic carboxylic acids is 1. The van der Waals surface area contributed by atoms with Crippen LogP contribution in [-0.4, -0.2) is 35.8 Å². The summed E-state index contributed by atoms with van der Waals surface area (Å²) in [5, 5.41) is 12.2. The van der Waals surface area contributed by atoms with Crippen LogP contribution >= 0.6 is 0 Å². The topological polar surface area (TPSA) is 71.5 Å². The molecule has 1 aromatic heterocycles. The maximum absolute atomic E-state index is 11.0.